The van der Waals surface area contributed by atoms with Gasteiger partial charge in [-0.25, -0.2) is 4.79 Å². The first-order valence-corrected chi connectivity index (χ1v) is 22.2. The number of amides is 1. The van der Waals surface area contributed by atoms with Crippen LogP contribution >= 0.6 is 0 Å². The van der Waals surface area contributed by atoms with E-state index in [9.17, 15) is 15.0 Å². The summed E-state index contributed by atoms with van der Waals surface area (Å²) in [5.74, 6) is 0.240. The lowest BCUT2D eigenvalue weighted by molar-refractivity contribution is -0.255. The van der Waals surface area contributed by atoms with E-state index in [1.54, 1.807) is 17.1 Å². The minimum atomic E-state index is -1.37. The van der Waals surface area contributed by atoms with Gasteiger partial charge in [-0.1, -0.05) is 85.6 Å². The zero-order valence-electron chi connectivity index (χ0n) is 36.6. The Bertz CT molecular complexity index is 1970. The molecule has 0 aromatic heterocycles. The average molecular weight is 835 g/mol. The minimum Gasteiger partial charge on any atom is -0.459 e. The van der Waals surface area contributed by atoms with Gasteiger partial charge in [-0.2, -0.15) is 0 Å². The van der Waals surface area contributed by atoms with E-state index >= 15 is 0 Å². The fourth-order valence-corrected chi connectivity index (χ4v) is 9.31. The number of aliphatic hydroxyl groups excluding tert-OH is 2. The van der Waals surface area contributed by atoms with Crippen LogP contribution < -0.4 is 9.47 Å². The van der Waals surface area contributed by atoms with Crippen LogP contribution in [0.15, 0.2) is 115 Å². The lowest BCUT2D eigenvalue weighted by Crippen LogP contribution is -2.70. The summed E-state index contributed by atoms with van der Waals surface area (Å²) in [4.78, 5) is 22.3. The Kier molecular flexibility index (Phi) is 15.9. The molecular formula is C51H66N2O8. The quantitative estimate of drug-likeness (QED) is 0.0619. The molecule has 2 aliphatic carbocycles. The molecule has 1 aliphatic heterocycles. The number of carbonyl (C=O) groups is 1. The molecule has 6 rings (SSSR count). The highest BCUT2D eigenvalue weighted by atomic mass is 16.7. The van der Waals surface area contributed by atoms with Crippen molar-refractivity contribution in [3.63, 3.8) is 0 Å². The Morgan fingerprint density at radius 1 is 0.934 bits per heavy atom. The SMILES string of the molecule is C=CCCOC(=O)N(CCC)C1CC(=NOC(C)(C)C)C2=CC(CCCCO)C(CCCCO)C3c4cc(Oc5ccc(-c6ccccc6)cc5)ccc4OC1(OCC=C)C23. The number of nitrogens with zero attached hydrogens (tertiary/aromatic N) is 2. The molecule has 0 radical (unpaired) electrons. The van der Waals surface area contributed by atoms with Crippen molar-refractivity contribution in [1.29, 1.82) is 0 Å². The number of benzene rings is 3. The van der Waals surface area contributed by atoms with Crippen LogP contribution in [0.25, 0.3) is 11.1 Å². The number of rotatable bonds is 21. The third-order valence-electron chi connectivity index (χ3n) is 11.9. The Hall–Kier alpha value is -4.90. The molecule has 0 spiro atoms. The molecule has 1 fully saturated rings. The second kappa shape index (κ2) is 21.3. The Morgan fingerprint density at radius 2 is 1.64 bits per heavy atom. The van der Waals surface area contributed by atoms with E-state index < -0.39 is 29.4 Å². The van der Waals surface area contributed by atoms with Gasteiger partial charge in [0.15, 0.2) is 0 Å². The van der Waals surface area contributed by atoms with Gasteiger partial charge in [-0.3, -0.25) is 4.90 Å². The van der Waals surface area contributed by atoms with Crippen molar-refractivity contribution in [2.45, 2.75) is 109 Å². The standard InChI is InChI=1S/C51H66N2O8/c1-7-10-32-57-49(56)53(28-8-2)46-35-44(52-61-50(4,5)6)42-33-38(20-14-16-29-54)41(21-15-17-30-55)47-43-34-40(26-27-45(43)60-51(46,48(42)47)58-31-9-3)59-39-24-22-37(23-25-39)36-18-12-11-13-19-36/h7,9,11-13,18-19,22-27,33-34,38,41,46-48,54-55H,1,3,8,10,14-17,20-21,28-32,35H2,2,4-6H3. The summed E-state index contributed by atoms with van der Waals surface area (Å²) in [6.45, 7) is 16.8. The van der Waals surface area contributed by atoms with E-state index in [-0.39, 0.29) is 44.2 Å². The van der Waals surface area contributed by atoms with Crippen molar-refractivity contribution in [1.82, 2.24) is 4.90 Å². The number of hydrogen-bond donors (Lipinski definition) is 2. The van der Waals surface area contributed by atoms with Gasteiger partial charge >= 0.3 is 6.09 Å². The molecular weight excluding hydrogens is 769 g/mol. The molecule has 61 heavy (non-hydrogen) atoms. The van der Waals surface area contributed by atoms with Crippen LogP contribution in [0.3, 0.4) is 0 Å². The first kappa shape index (κ1) is 45.6. The highest BCUT2D eigenvalue weighted by molar-refractivity contribution is 6.03. The Labute approximate surface area is 362 Å². The second-order valence-corrected chi connectivity index (χ2v) is 17.4. The predicted octanol–water partition coefficient (Wildman–Crippen LogP) is 11.0. The van der Waals surface area contributed by atoms with Gasteiger partial charge in [-0.05, 0) is 118 Å². The number of hydrogen-bond acceptors (Lipinski definition) is 9. The molecule has 10 heteroatoms. The molecule has 3 aromatic rings. The molecule has 1 heterocycles. The van der Waals surface area contributed by atoms with Gasteiger partial charge in [0.1, 0.15) is 28.9 Å². The maximum absolute atomic E-state index is 14.3. The third kappa shape index (κ3) is 10.8. The van der Waals surface area contributed by atoms with Gasteiger partial charge in [0.05, 0.1) is 24.8 Å². The summed E-state index contributed by atoms with van der Waals surface area (Å²) >= 11 is 0. The highest BCUT2D eigenvalue weighted by Crippen LogP contribution is 2.62. The van der Waals surface area contributed by atoms with Crippen molar-refractivity contribution >= 4 is 11.8 Å². The normalized spacial score (nSPS) is 23.5. The Morgan fingerprint density at radius 3 is 2.31 bits per heavy atom. The van der Waals surface area contributed by atoms with E-state index in [2.05, 4.69) is 49.6 Å². The number of aliphatic hydroxyl groups is 2. The van der Waals surface area contributed by atoms with E-state index in [1.165, 1.54) is 0 Å². The van der Waals surface area contributed by atoms with Crippen molar-refractivity contribution in [2.75, 3.05) is 33.0 Å². The molecule has 328 valence electrons. The zero-order chi connectivity index (χ0) is 43.4. The van der Waals surface area contributed by atoms with Gasteiger partial charge in [-0.15, -0.1) is 13.2 Å². The fraction of sp³-hybridized carbons (Fsp3) is 0.490. The summed E-state index contributed by atoms with van der Waals surface area (Å²) in [6, 6.07) is 23.7. The average Bonchev–Trinajstić information content (AvgIpc) is 3.26. The first-order valence-electron chi connectivity index (χ1n) is 22.2. The number of carbonyl (C=O) groups excluding carboxylic acids is 1. The molecule has 2 N–H and O–H groups in total. The maximum Gasteiger partial charge on any atom is 0.410 e. The van der Waals surface area contributed by atoms with Crippen LogP contribution in [0.4, 0.5) is 4.79 Å². The molecule has 1 saturated carbocycles. The Balaban J connectivity index is 1.54. The lowest BCUT2D eigenvalue weighted by Gasteiger charge is -2.60. The first-order chi connectivity index (χ1) is 29.6. The monoisotopic (exact) mass is 834 g/mol. The van der Waals surface area contributed by atoms with Crippen LogP contribution in [0, 0.1) is 17.8 Å². The van der Waals surface area contributed by atoms with E-state index in [1.807, 2.05) is 70.2 Å². The summed E-state index contributed by atoms with van der Waals surface area (Å²) in [6.07, 6.45) is 11.6. The summed E-state index contributed by atoms with van der Waals surface area (Å²) < 4.78 is 26.9. The van der Waals surface area contributed by atoms with Crippen molar-refractivity contribution in [3.05, 3.63) is 115 Å². The van der Waals surface area contributed by atoms with Crippen LogP contribution in [0.2, 0.25) is 0 Å². The highest BCUT2D eigenvalue weighted by Gasteiger charge is 2.65. The van der Waals surface area contributed by atoms with Gasteiger partial charge in [0.2, 0.25) is 5.79 Å². The summed E-state index contributed by atoms with van der Waals surface area (Å²) in [7, 11) is 0. The second-order valence-electron chi connectivity index (χ2n) is 17.4. The third-order valence-corrected chi connectivity index (χ3v) is 11.9. The van der Waals surface area contributed by atoms with Crippen molar-refractivity contribution in [3.8, 4) is 28.4 Å². The molecule has 10 nitrogen and oxygen atoms in total. The molecule has 6 atom stereocenters. The van der Waals surface area contributed by atoms with Crippen molar-refractivity contribution in [2.24, 2.45) is 22.9 Å². The summed E-state index contributed by atoms with van der Waals surface area (Å²) in [5, 5.41) is 24.8. The summed E-state index contributed by atoms with van der Waals surface area (Å²) in [5.41, 5.74) is 4.36. The van der Waals surface area contributed by atoms with Gasteiger partial charge in [0, 0.05) is 37.7 Å². The smallest absolute Gasteiger partial charge is 0.410 e. The molecule has 0 saturated heterocycles. The number of fused-ring (bicyclic) bond motifs is 2. The van der Waals surface area contributed by atoms with E-state index in [0.717, 1.165) is 53.7 Å². The van der Waals surface area contributed by atoms with E-state index in [0.29, 0.717) is 55.9 Å². The predicted molar refractivity (Wildman–Crippen MR) is 241 cm³/mol. The molecule has 3 aliphatic rings. The van der Waals surface area contributed by atoms with Crippen molar-refractivity contribution < 1.29 is 38.8 Å². The minimum absolute atomic E-state index is 0.0801. The topological polar surface area (TPSA) is 119 Å². The largest absolute Gasteiger partial charge is 0.459 e. The molecule has 3 aromatic carbocycles. The number of ether oxygens (including phenoxy) is 4. The number of oxime groups is 1. The molecule has 6 unspecified atom stereocenters. The van der Waals surface area contributed by atoms with Gasteiger partial charge < -0.3 is 34.0 Å². The maximum atomic E-state index is 14.3. The van der Waals surface area contributed by atoms with Crippen LogP contribution in [-0.4, -0.2) is 77.3 Å². The van der Waals surface area contributed by atoms with E-state index in [4.69, 9.17) is 28.9 Å². The lowest BCUT2D eigenvalue weighted by atomic mass is 9.55. The van der Waals surface area contributed by atoms with Crippen LogP contribution in [0.1, 0.15) is 97.0 Å². The van der Waals surface area contributed by atoms with Crippen LogP contribution in [-0.2, 0) is 14.3 Å². The number of unbranched alkanes of at least 4 members (excludes halogenated alkanes) is 2. The van der Waals surface area contributed by atoms with Gasteiger partial charge in [0.25, 0.3) is 0 Å². The number of allylic oxidation sites excluding steroid dienone is 1. The molecule has 0 bridgehead atoms. The fourth-order valence-electron chi connectivity index (χ4n) is 9.31. The van der Waals surface area contributed by atoms with Crippen LogP contribution in [0.5, 0.6) is 17.2 Å². The molecule has 1 amide bonds. The zero-order valence-corrected chi connectivity index (χ0v) is 36.6.